The minimum absolute atomic E-state index is 0.298. The van der Waals surface area contributed by atoms with Gasteiger partial charge in [-0.1, -0.05) is 6.92 Å². The molecule has 0 aromatic carbocycles. The number of rotatable bonds is 6. The van der Waals surface area contributed by atoms with Crippen molar-refractivity contribution in [1.29, 1.82) is 0 Å². The number of aromatic nitrogens is 4. The van der Waals surface area contributed by atoms with Crippen molar-refractivity contribution in [3.8, 4) is 0 Å². The molecule has 2 heterocycles. The smallest absolute Gasteiger partial charge is 0.147 e. The van der Waals surface area contributed by atoms with E-state index in [1.165, 1.54) is 0 Å². The third-order valence-corrected chi connectivity index (χ3v) is 3.88. The number of nitrogens with zero attached hydrogens (tertiary/aromatic N) is 4. The summed E-state index contributed by atoms with van der Waals surface area (Å²) < 4.78 is 2.13. The van der Waals surface area contributed by atoms with Crippen LogP contribution in [-0.2, 0) is 13.1 Å². The third-order valence-electron chi connectivity index (χ3n) is 2.99. The summed E-state index contributed by atoms with van der Waals surface area (Å²) in [5, 5.41) is 15.0. The summed E-state index contributed by atoms with van der Waals surface area (Å²) in [5.74, 6) is 1.96. The highest BCUT2D eigenvalue weighted by Gasteiger charge is 2.13. The standard InChI is InChI=1S/C12H19N5S/c1-4-10(12-13-6-7-18-12)14-8-11-16-15-9(3)17(11)5-2/h6-7,10,14H,4-5,8H2,1-3H3/t10-/m1/s1. The second-order valence-corrected chi connectivity index (χ2v) is 5.05. The van der Waals surface area contributed by atoms with E-state index in [-0.39, 0.29) is 0 Å². The molecule has 2 aromatic heterocycles. The maximum Gasteiger partial charge on any atom is 0.147 e. The molecule has 0 aliphatic heterocycles. The van der Waals surface area contributed by atoms with Crippen molar-refractivity contribution in [3.63, 3.8) is 0 Å². The fourth-order valence-electron chi connectivity index (χ4n) is 1.99. The molecule has 0 aliphatic rings. The van der Waals surface area contributed by atoms with Crippen LogP contribution in [0, 0.1) is 6.92 Å². The number of hydrogen-bond donors (Lipinski definition) is 1. The molecular formula is C12H19N5S. The number of thiazole rings is 1. The Morgan fingerprint density at radius 1 is 1.39 bits per heavy atom. The van der Waals surface area contributed by atoms with Crippen molar-refractivity contribution in [1.82, 2.24) is 25.1 Å². The van der Waals surface area contributed by atoms with E-state index in [2.05, 4.69) is 38.9 Å². The van der Waals surface area contributed by atoms with Crippen molar-refractivity contribution in [2.75, 3.05) is 0 Å². The first-order valence-electron chi connectivity index (χ1n) is 6.27. The fourth-order valence-corrected chi connectivity index (χ4v) is 2.79. The van der Waals surface area contributed by atoms with Gasteiger partial charge in [0.15, 0.2) is 0 Å². The van der Waals surface area contributed by atoms with Gasteiger partial charge in [-0.25, -0.2) is 4.98 Å². The van der Waals surface area contributed by atoms with Gasteiger partial charge in [0.25, 0.3) is 0 Å². The van der Waals surface area contributed by atoms with Gasteiger partial charge in [0.2, 0.25) is 0 Å². The highest BCUT2D eigenvalue weighted by molar-refractivity contribution is 7.09. The van der Waals surface area contributed by atoms with E-state index in [4.69, 9.17) is 0 Å². The number of aryl methyl sites for hydroxylation is 1. The SMILES string of the molecule is CC[C@@H](NCc1nnc(C)n1CC)c1nccs1. The average Bonchev–Trinajstić information content (AvgIpc) is 3.00. The molecule has 2 aromatic rings. The van der Waals surface area contributed by atoms with Gasteiger partial charge in [-0.15, -0.1) is 21.5 Å². The predicted molar refractivity (Wildman–Crippen MR) is 72.4 cm³/mol. The van der Waals surface area contributed by atoms with Crippen LogP contribution in [0.4, 0.5) is 0 Å². The Bertz CT molecular complexity index is 477. The third kappa shape index (κ3) is 2.76. The minimum Gasteiger partial charge on any atom is -0.314 e. The zero-order chi connectivity index (χ0) is 13.0. The van der Waals surface area contributed by atoms with Crippen molar-refractivity contribution < 1.29 is 0 Å². The van der Waals surface area contributed by atoms with E-state index in [0.717, 1.165) is 36.2 Å². The Hall–Kier alpha value is -1.27. The summed E-state index contributed by atoms with van der Waals surface area (Å²) in [6.07, 6.45) is 2.87. The van der Waals surface area contributed by atoms with Gasteiger partial charge in [0.05, 0.1) is 12.6 Å². The van der Waals surface area contributed by atoms with Crippen molar-refractivity contribution in [2.24, 2.45) is 0 Å². The molecule has 6 heteroatoms. The van der Waals surface area contributed by atoms with Crippen LogP contribution in [0.2, 0.25) is 0 Å². The van der Waals surface area contributed by atoms with Crippen LogP contribution in [0.5, 0.6) is 0 Å². The highest BCUT2D eigenvalue weighted by atomic mass is 32.1. The van der Waals surface area contributed by atoms with Crippen molar-refractivity contribution in [3.05, 3.63) is 28.2 Å². The zero-order valence-corrected chi connectivity index (χ0v) is 11.9. The normalized spacial score (nSPS) is 12.8. The molecule has 0 amide bonds. The van der Waals surface area contributed by atoms with Crippen LogP contribution in [0.3, 0.4) is 0 Å². The van der Waals surface area contributed by atoms with Crippen LogP contribution >= 0.6 is 11.3 Å². The van der Waals surface area contributed by atoms with Crippen LogP contribution in [0.25, 0.3) is 0 Å². The molecule has 18 heavy (non-hydrogen) atoms. The lowest BCUT2D eigenvalue weighted by atomic mass is 10.2. The molecule has 2 rings (SSSR count). The second kappa shape index (κ2) is 6.06. The van der Waals surface area contributed by atoms with Crippen molar-refractivity contribution >= 4 is 11.3 Å². The van der Waals surface area contributed by atoms with Gasteiger partial charge in [0, 0.05) is 18.1 Å². The molecule has 0 bridgehead atoms. The molecule has 0 spiro atoms. The Morgan fingerprint density at radius 3 is 2.83 bits per heavy atom. The van der Waals surface area contributed by atoms with E-state index in [0.29, 0.717) is 6.04 Å². The summed E-state index contributed by atoms with van der Waals surface area (Å²) >= 11 is 1.69. The summed E-state index contributed by atoms with van der Waals surface area (Å²) in [7, 11) is 0. The van der Waals surface area contributed by atoms with E-state index >= 15 is 0 Å². The average molecular weight is 265 g/mol. The Kier molecular flexibility index (Phi) is 4.43. The number of hydrogen-bond acceptors (Lipinski definition) is 5. The molecule has 98 valence electrons. The largest absolute Gasteiger partial charge is 0.314 e. The van der Waals surface area contributed by atoms with E-state index in [9.17, 15) is 0 Å². The highest BCUT2D eigenvalue weighted by Crippen LogP contribution is 2.19. The van der Waals surface area contributed by atoms with Crippen LogP contribution < -0.4 is 5.32 Å². The first-order chi connectivity index (χ1) is 8.76. The lowest BCUT2D eigenvalue weighted by Gasteiger charge is -2.14. The maximum atomic E-state index is 4.36. The first-order valence-corrected chi connectivity index (χ1v) is 7.15. The molecule has 1 N–H and O–H groups in total. The van der Waals surface area contributed by atoms with E-state index < -0.39 is 0 Å². The summed E-state index contributed by atoms with van der Waals surface area (Å²) in [6, 6.07) is 0.298. The van der Waals surface area contributed by atoms with Crippen LogP contribution in [0.15, 0.2) is 11.6 Å². The summed E-state index contributed by atoms with van der Waals surface area (Å²) in [6.45, 7) is 7.89. The molecule has 0 radical (unpaired) electrons. The lowest BCUT2D eigenvalue weighted by molar-refractivity contribution is 0.494. The molecule has 5 nitrogen and oxygen atoms in total. The maximum absolute atomic E-state index is 4.36. The molecular weight excluding hydrogens is 246 g/mol. The number of nitrogens with one attached hydrogen (secondary N) is 1. The van der Waals surface area contributed by atoms with E-state index in [1.54, 1.807) is 11.3 Å². The van der Waals surface area contributed by atoms with Crippen LogP contribution in [0.1, 0.15) is 43.0 Å². The minimum atomic E-state index is 0.298. The quantitative estimate of drug-likeness (QED) is 0.870. The van der Waals surface area contributed by atoms with E-state index in [1.807, 2.05) is 18.5 Å². The van der Waals surface area contributed by atoms with Gasteiger partial charge < -0.3 is 9.88 Å². The molecule has 0 saturated carbocycles. The van der Waals surface area contributed by atoms with Crippen molar-refractivity contribution in [2.45, 2.75) is 46.3 Å². The monoisotopic (exact) mass is 265 g/mol. The predicted octanol–water partition coefficient (Wildman–Crippen LogP) is 2.30. The van der Waals surface area contributed by atoms with Gasteiger partial charge >= 0.3 is 0 Å². The van der Waals surface area contributed by atoms with Gasteiger partial charge in [0.1, 0.15) is 16.7 Å². The Morgan fingerprint density at radius 2 is 2.22 bits per heavy atom. The van der Waals surface area contributed by atoms with Gasteiger partial charge in [-0.05, 0) is 20.3 Å². The Labute approximate surface area is 111 Å². The summed E-state index contributed by atoms with van der Waals surface area (Å²) in [5.41, 5.74) is 0. The molecule has 1 atom stereocenters. The molecule has 0 aliphatic carbocycles. The van der Waals surface area contributed by atoms with Gasteiger partial charge in [-0.2, -0.15) is 0 Å². The Balaban J connectivity index is 2.02. The molecule has 0 saturated heterocycles. The lowest BCUT2D eigenvalue weighted by Crippen LogP contribution is -2.22. The molecule has 0 unspecified atom stereocenters. The topological polar surface area (TPSA) is 55.6 Å². The van der Waals surface area contributed by atoms with Gasteiger partial charge in [-0.3, -0.25) is 0 Å². The second-order valence-electron chi connectivity index (χ2n) is 4.12. The molecule has 0 fully saturated rings. The fraction of sp³-hybridized carbons (Fsp3) is 0.583. The first kappa shape index (κ1) is 13.2. The summed E-state index contributed by atoms with van der Waals surface area (Å²) in [4.78, 5) is 4.36. The van der Waals surface area contributed by atoms with Crippen LogP contribution in [-0.4, -0.2) is 19.7 Å². The zero-order valence-electron chi connectivity index (χ0n) is 11.1.